The molecule has 29 heavy (non-hydrogen) atoms. The molecule has 1 aromatic heterocycles. The topological polar surface area (TPSA) is 74.2 Å². The second-order valence-corrected chi connectivity index (χ2v) is 6.80. The summed E-state index contributed by atoms with van der Waals surface area (Å²) in [6, 6.07) is 7.58. The molecule has 6 nitrogen and oxygen atoms in total. The minimum absolute atomic E-state index is 0.0962. The molecule has 10 heteroatoms. The number of alkyl halides is 3. The van der Waals surface area contributed by atoms with Crippen molar-refractivity contribution >= 4 is 11.9 Å². The minimum atomic E-state index is -4.51. The Morgan fingerprint density at radius 1 is 1.14 bits per heavy atom. The number of hydrogen-bond donors (Lipinski definition) is 3. The standard InChI is InChI=1S/C19H22F4N6/c1-24-16(28-12-18(7-8-18)13-4-2-3-5-14(13)20)26-10-11-27-17-25-9-6-15(29-17)19(21,22)23/h2-6,9H,7-8,10-12H2,1H3,(H2,24,26,28)(H,25,27,29). The largest absolute Gasteiger partial charge is 0.433 e. The van der Waals surface area contributed by atoms with E-state index < -0.39 is 11.9 Å². The molecule has 2 aromatic rings. The van der Waals surface area contributed by atoms with Crippen LogP contribution in [0.2, 0.25) is 0 Å². The van der Waals surface area contributed by atoms with E-state index in [0.29, 0.717) is 31.2 Å². The summed E-state index contributed by atoms with van der Waals surface area (Å²) in [5.74, 6) is 0.223. The van der Waals surface area contributed by atoms with Crippen molar-refractivity contribution < 1.29 is 17.6 Å². The van der Waals surface area contributed by atoms with Gasteiger partial charge in [-0.05, 0) is 30.5 Å². The zero-order valence-corrected chi connectivity index (χ0v) is 15.9. The van der Waals surface area contributed by atoms with Crippen LogP contribution in [0.4, 0.5) is 23.5 Å². The fraction of sp³-hybridized carbons (Fsp3) is 0.421. The van der Waals surface area contributed by atoms with Crippen molar-refractivity contribution in [3.63, 3.8) is 0 Å². The van der Waals surface area contributed by atoms with Gasteiger partial charge >= 0.3 is 6.18 Å². The zero-order valence-electron chi connectivity index (χ0n) is 15.9. The second kappa shape index (κ2) is 8.62. The number of guanidine groups is 1. The Morgan fingerprint density at radius 2 is 1.90 bits per heavy atom. The number of anilines is 1. The van der Waals surface area contributed by atoms with Gasteiger partial charge in [0.2, 0.25) is 5.95 Å². The molecule has 0 aliphatic heterocycles. The van der Waals surface area contributed by atoms with E-state index in [0.717, 1.165) is 25.1 Å². The summed E-state index contributed by atoms with van der Waals surface area (Å²) in [7, 11) is 1.61. The van der Waals surface area contributed by atoms with E-state index in [4.69, 9.17) is 0 Å². The third-order valence-corrected chi connectivity index (χ3v) is 4.76. The summed E-state index contributed by atoms with van der Waals surface area (Å²) in [6.45, 7) is 1.21. The normalized spacial score (nSPS) is 15.7. The quantitative estimate of drug-likeness (QED) is 0.283. The van der Waals surface area contributed by atoms with Gasteiger partial charge in [0.1, 0.15) is 11.5 Å². The van der Waals surface area contributed by atoms with Crippen LogP contribution in [0.3, 0.4) is 0 Å². The molecule has 0 bridgehead atoms. The molecule has 0 atom stereocenters. The minimum Gasteiger partial charge on any atom is -0.356 e. The summed E-state index contributed by atoms with van der Waals surface area (Å²) >= 11 is 0. The molecule has 1 aliphatic carbocycles. The molecule has 156 valence electrons. The molecular weight excluding hydrogens is 388 g/mol. The average Bonchev–Trinajstić information content (AvgIpc) is 3.48. The lowest BCUT2D eigenvalue weighted by Gasteiger charge is -2.19. The molecule has 1 aromatic carbocycles. The highest BCUT2D eigenvalue weighted by Crippen LogP contribution is 2.48. The van der Waals surface area contributed by atoms with Crippen LogP contribution in [0.5, 0.6) is 0 Å². The maximum atomic E-state index is 14.1. The molecule has 1 heterocycles. The number of benzene rings is 1. The molecule has 0 spiro atoms. The molecule has 3 N–H and O–H groups in total. The first-order valence-corrected chi connectivity index (χ1v) is 9.18. The Labute approximate surface area is 165 Å². The summed E-state index contributed by atoms with van der Waals surface area (Å²) in [6.07, 6.45) is -1.66. The zero-order chi connectivity index (χ0) is 20.9. The summed E-state index contributed by atoms with van der Waals surface area (Å²) in [5.41, 5.74) is -0.526. The van der Waals surface area contributed by atoms with Gasteiger partial charge in [0, 0.05) is 38.3 Å². The van der Waals surface area contributed by atoms with Crippen LogP contribution in [0, 0.1) is 5.82 Å². The van der Waals surface area contributed by atoms with Crippen LogP contribution in [-0.4, -0.2) is 42.6 Å². The van der Waals surface area contributed by atoms with Gasteiger partial charge in [-0.15, -0.1) is 0 Å². The van der Waals surface area contributed by atoms with Gasteiger partial charge in [-0.2, -0.15) is 13.2 Å². The van der Waals surface area contributed by atoms with Crippen molar-refractivity contribution in [2.75, 3.05) is 32.0 Å². The number of halogens is 4. The highest BCUT2D eigenvalue weighted by molar-refractivity contribution is 5.79. The lowest BCUT2D eigenvalue weighted by Crippen LogP contribution is -2.43. The van der Waals surface area contributed by atoms with Gasteiger partial charge in [0.25, 0.3) is 0 Å². The lowest BCUT2D eigenvalue weighted by molar-refractivity contribution is -0.141. The number of hydrogen-bond acceptors (Lipinski definition) is 4. The summed E-state index contributed by atoms with van der Waals surface area (Å²) < 4.78 is 52.1. The summed E-state index contributed by atoms with van der Waals surface area (Å²) in [5, 5.41) is 8.98. The van der Waals surface area contributed by atoms with Crippen LogP contribution in [0.25, 0.3) is 0 Å². The predicted molar refractivity (Wildman–Crippen MR) is 102 cm³/mol. The smallest absolute Gasteiger partial charge is 0.356 e. The Morgan fingerprint density at radius 3 is 2.55 bits per heavy atom. The summed E-state index contributed by atoms with van der Waals surface area (Å²) in [4.78, 5) is 11.3. The highest BCUT2D eigenvalue weighted by Gasteiger charge is 2.45. The van der Waals surface area contributed by atoms with Gasteiger partial charge in [-0.25, -0.2) is 14.4 Å². The van der Waals surface area contributed by atoms with Crippen LogP contribution in [0.15, 0.2) is 41.5 Å². The van der Waals surface area contributed by atoms with E-state index in [-0.39, 0.29) is 17.2 Å². The fourth-order valence-electron chi connectivity index (χ4n) is 3.01. The van der Waals surface area contributed by atoms with Crippen LogP contribution in [-0.2, 0) is 11.6 Å². The van der Waals surface area contributed by atoms with Crippen molar-refractivity contribution in [1.82, 2.24) is 20.6 Å². The number of nitrogens with one attached hydrogen (secondary N) is 3. The monoisotopic (exact) mass is 410 g/mol. The van der Waals surface area contributed by atoms with Gasteiger partial charge in [-0.1, -0.05) is 18.2 Å². The average molecular weight is 410 g/mol. The molecule has 0 unspecified atom stereocenters. The maximum Gasteiger partial charge on any atom is 0.433 e. The van der Waals surface area contributed by atoms with Crippen LogP contribution < -0.4 is 16.0 Å². The third-order valence-electron chi connectivity index (χ3n) is 4.76. The van der Waals surface area contributed by atoms with E-state index in [2.05, 4.69) is 30.9 Å². The predicted octanol–water partition coefficient (Wildman–Crippen LogP) is 2.94. The van der Waals surface area contributed by atoms with Crippen molar-refractivity contribution in [2.45, 2.75) is 24.4 Å². The lowest BCUT2D eigenvalue weighted by atomic mass is 9.95. The molecule has 1 aliphatic rings. The Bertz CT molecular complexity index is 864. The molecule has 0 saturated heterocycles. The highest BCUT2D eigenvalue weighted by atomic mass is 19.4. The number of aliphatic imine (C=N–C) groups is 1. The Kier molecular flexibility index (Phi) is 6.19. The van der Waals surface area contributed by atoms with Crippen molar-refractivity contribution in [3.8, 4) is 0 Å². The molecule has 1 saturated carbocycles. The van der Waals surface area contributed by atoms with E-state index in [9.17, 15) is 17.6 Å². The van der Waals surface area contributed by atoms with E-state index in [1.165, 1.54) is 6.07 Å². The Hall–Kier alpha value is -2.91. The SMILES string of the molecule is CN=C(NCCNc1nccc(C(F)(F)F)n1)NCC1(c2ccccc2F)CC1. The number of nitrogens with zero attached hydrogens (tertiary/aromatic N) is 3. The third kappa shape index (κ3) is 5.33. The first kappa shape index (κ1) is 20.8. The second-order valence-electron chi connectivity index (χ2n) is 6.80. The van der Waals surface area contributed by atoms with Gasteiger partial charge < -0.3 is 16.0 Å². The van der Waals surface area contributed by atoms with Gasteiger partial charge in [0.15, 0.2) is 5.96 Å². The van der Waals surface area contributed by atoms with Crippen molar-refractivity contribution in [2.24, 2.45) is 4.99 Å². The maximum absolute atomic E-state index is 14.1. The first-order valence-electron chi connectivity index (χ1n) is 9.18. The van der Waals surface area contributed by atoms with Gasteiger partial charge in [-0.3, -0.25) is 4.99 Å². The first-order chi connectivity index (χ1) is 13.8. The number of aromatic nitrogens is 2. The van der Waals surface area contributed by atoms with Crippen LogP contribution >= 0.6 is 0 Å². The molecule has 3 rings (SSSR count). The van der Waals surface area contributed by atoms with Crippen molar-refractivity contribution in [1.29, 1.82) is 0 Å². The Balaban J connectivity index is 1.45. The van der Waals surface area contributed by atoms with Crippen molar-refractivity contribution in [3.05, 3.63) is 53.6 Å². The van der Waals surface area contributed by atoms with Gasteiger partial charge in [0.05, 0.1) is 0 Å². The molecule has 0 radical (unpaired) electrons. The fourth-order valence-corrected chi connectivity index (χ4v) is 3.01. The number of rotatable bonds is 7. The van der Waals surface area contributed by atoms with E-state index in [1.54, 1.807) is 19.2 Å². The molecule has 0 amide bonds. The van der Waals surface area contributed by atoms with Crippen LogP contribution in [0.1, 0.15) is 24.1 Å². The van der Waals surface area contributed by atoms with E-state index >= 15 is 0 Å². The molecular formula is C19H22F4N6. The van der Waals surface area contributed by atoms with E-state index in [1.807, 2.05) is 6.07 Å². The molecule has 1 fully saturated rings.